The molecule has 1 fully saturated rings. The highest BCUT2D eigenvalue weighted by atomic mass is 32.2. The Morgan fingerprint density at radius 1 is 1.04 bits per heavy atom. The maximum Gasteiger partial charge on any atom is 0.264 e. The molecule has 2 N–H and O–H groups in total. The second-order valence-electron chi connectivity index (χ2n) is 4.79. The Bertz CT molecular complexity index is 794. The van der Waals surface area contributed by atoms with Crippen molar-refractivity contribution in [2.24, 2.45) is 4.99 Å². The van der Waals surface area contributed by atoms with Crippen LogP contribution in [-0.2, 0) is 4.79 Å². The summed E-state index contributed by atoms with van der Waals surface area (Å²) < 4.78 is 0. The largest absolute Gasteiger partial charge is 0.508 e. The lowest BCUT2D eigenvalue weighted by Crippen LogP contribution is -2.19. The zero-order valence-electron chi connectivity index (χ0n) is 12.1. The minimum Gasteiger partial charge on any atom is -0.508 e. The molecule has 4 nitrogen and oxygen atoms in total. The van der Waals surface area contributed by atoms with Crippen molar-refractivity contribution in [3.05, 3.63) is 77.2 Å². The number of hydrogen-bond acceptors (Lipinski definition) is 4. The summed E-state index contributed by atoms with van der Waals surface area (Å²) in [6, 6.07) is 16.4. The Labute approximate surface area is 138 Å². The molecule has 1 saturated heterocycles. The number of rotatable bonds is 3. The van der Waals surface area contributed by atoms with Gasteiger partial charge in [0.1, 0.15) is 5.75 Å². The summed E-state index contributed by atoms with van der Waals surface area (Å²) in [5.74, 6) is 0.0222. The number of phenols is 1. The van der Waals surface area contributed by atoms with Crippen LogP contribution in [0.25, 0.3) is 6.08 Å². The minimum absolute atomic E-state index is 0.162. The van der Waals surface area contributed by atoms with Crippen molar-refractivity contribution in [2.75, 3.05) is 0 Å². The Kier molecular flexibility index (Phi) is 4.59. The molecule has 1 aliphatic rings. The maximum atomic E-state index is 11.9. The molecule has 1 amide bonds. The van der Waals surface area contributed by atoms with Crippen LogP contribution in [0.2, 0.25) is 0 Å². The van der Waals surface area contributed by atoms with Crippen molar-refractivity contribution in [3.63, 3.8) is 0 Å². The highest BCUT2D eigenvalue weighted by molar-refractivity contribution is 8.18. The van der Waals surface area contributed by atoms with E-state index in [4.69, 9.17) is 0 Å². The fraction of sp³-hybridized carbons (Fsp3) is 0. The van der Waals surface area contributed by atoms with Crippen LogP contribution in [0.4, 0.5) is 5.69 Å². The van der Waals surface area contributed by atoms with Gasteiger partial charge in [-0.05, 0) is 47.7 Å². The van der Waals surface area contributed by atoms with Gasteiger partial charge in [-0.2, -0.15) is 0 Å². The Morgan fingerprint density at radius 3 is 2.52 bits per heavy atom. The van der Waals surface area contributed by atoms with E-state index in [-0.39, 0.29) is 11.7 Å². The molecule has 0 spiro atoms. The van der Waals surface area contributed by atoms with Crippen molar-refractivity contribution in [1.29, 1.82) is 0 Å². The highest BCUT2D eigenvalue weighted by Crippen LogP contribution is 2.26. The number of amides is 1. The predicted molar refractivity (Wildman–Crippen MR) is 94.5 cm³/mol. The molecule has 1 aliphatic heterocycles. The lowest BCUT2D eigenvalue weighted by molar-refractivity contribution is -0.115. The van der Waals surface area contributed by atoms with Crippen LogP contribution < -0.4 is 5.32 Å². The van der Waals surface area contributed by atoms with E-state index in [9.17, 15) is 9.90 Å². The molecule has 0 unspecified atom stereocenters. The second kappa shape index (κ2) is 6.98. The molecule has 5 heteroatoms. The van der Waals surface area contributed by atoms with Gasteiger partial charge in [-0.1, -0.05) is 42.5 Å². The number of carbonyl (C=O) groups is 1. The van der Waals surface area contributed by atoms with Gasteiger partial charge in [0.2, 0.25) is 0 Å². The third-order valence-corrected chi connectivity index (χ3v) is 4.00. The summed E-state index contributed by atoms with van der Waals surface area (Å²) in [6.07, 6.45) is 5.56. The number of nitrogens with zero attached hydrogens (tertiary/aromatic N) is 1. The Balaban J connectivity index is 1.71. The standard InChI is InChI=1S/C18H14N2O2S/c21-15-11-9-14(10-12-15)19-18-20-17(22)16(23-18)8-4-7-13-5-2-1-3-6-13/h1-12,21H,(H,19,20,22). The zero-order valence-corrected chi connectivity index (χ0v) is 13.0. The van der Waals surface area contributed by atoms with E-state index >= 15 is 0 Å². The molecular weight excluding hydrogens is 308 g/mol. The topological polar surface area (TPSA) is 61.7 Å². The predicted octanol–water partition coefficient (Wildman–Crippen LogP) is 3.84. The van der Waals surface area contributed by atoms with Crippen molar-refractivity contribution in [3.8, 4) is 5.75 Å². The molecule has 2 aromatic carbocycles. The SMILES string of the molecule is O=C1NC(=Nc2ccc(O)cc2)SC1=CC=Cc1ccccc1. The number of hydrogen-bond donors (Lipinski definition) is 2. The molecule has 1 heterocycles. The monoisotopic (exact) mass is 322 g/mol. The number of carbonyl (C=O) groups excluding carboxylic acids is 1. The molecule has 0 atom stereocenters. The average Bonchev–Trinajstić information content (AvgIpc) is 2.90. The van der Waals surface area contributed by atoms with Gasteiger partial charge in [0.25, 0.3) is 5.91 Å². The van der Waals surface area contributed by atoms with Crippen LogP contribution in [0.15, 0.2) is 76.6 Å². The van der Waals surface area contributed by atoms with Gasteiger partial charge in [0.05, 0.1) is 10.6 Å². The number of amidine groups is 1. The van der Waals surface area contributed by atoms with E-state index in [0.29, 0.717) is 15.8 Å². The lowest BCUT2D eigenvalue weighted by Gasteiger charge is -1.96. The smallest absolute Gasteiger partial charge is 0.264 e. The quantitative estimate of drug-likeness (QED) is 0.844. The second-order valence-corrected chi connectivity index (χ2v) is 5.82. The normalized spacial score (nSPS) is 18.0. The van der Waals surface area contributed by atoms with Gasteiger partial charge >= 0.3 is 0 Å². The van der Waals surface area contributed by atoms with Crippen LogP contribution in [-0.4, -0.2) is 16.2 Å². The van der Waals surface area contributed by atoms with Crippen LogP contribution >= 0.6 is 11.8 Å². The van der Waals surface area contributed by atoms with Crippen molar-refractivity contribution >= 4 is 34.6 Å². The first-order chi connectivity index (χ1) is 11.2. The third kappa shape index (κ3) is 4.11. The molecule has 3 rings (SSSR count). The fourth-order valence-corrected chi connectivity index (χ4v) is 2.74. The van der Waals surface area contributed by atoms with Crippen LogP contribution in [0.3, 0.4) is 0 Å². The Morgan fingerprint density at radius 2 is 1.78 bits per heavy atom. The molecule has 23 heavy (non-hydrogen) atoms. The highest BCUT2D eigenvalue weighted by Gasteiger charge is 2.22. The van der Waals surface area contributed by atoms with Crippen molar-refractivity contribution in [2.45, 2.75) is 0 Å². The first kappa shape index (κ1) is 15.1. The Hall–Kier alpha value is -2.79. The number of allylic oxidation sites excluding steroid dienone is 2. The fourth-order valence-electron chi connectivity index (χ4n) is 1.95. The van der Waals surface area contributed by atoms with Crippen LogP contribution in [0, 0.1) is 0 Å². The molecule has 0 bridgehead atoms. The summed E-state index contributed by atoms with van der Waals surface area (Å²) in [6.45, 7) is 0. The first-order valence-corrected chi connectivity index (χ1v) is 7.83. The molecule has 0 aliphatic carbocycles. The molecule has 0 saturated carbocycles. The van der Waals surface area contributed by atoms with E-state index in [2.05, 4.69) is 10.3 Å². The number of thioether (sulfide) groups is 1. The molecule has 114 valence electrons. The van der Waals surface area contributed by atoms with Gasteiger partial charge in [0.15, 0.2) is 5.17 Å². The van der Waals surface area contributed by atoms with Crippen LogP contribution in [0.1, 0.15) is 5.56 Å². The van der Waals surface area contributed by atoms with Gasteiger partial charge in [-0.25, -0.2) is 4.99 Å². The van der Waals surface area contributed by atoms with Gasteiger partial charge in [-0.3, -0.25) is 4.79 Å². The van der Waals surface area contributed by atoms with E-state index in [1.807, 2.05) is 42.5 Å². The maximum absolute atomic E-state index is 11.9. The van der Waals surface area contributed by atoms with Gasteiger partial charge in [0, 0.05) is 0 Å². The third-order valence-electron chi connectivity index (χ3n) is 3.07. The summed E-state index contributed by atoms with van der Waals surface area (Å²) in [5, 5.41) is 12.5. The molecule has 0 aromatic heterocycles. The first-order valence-electron chi connectivity index (χ1n) is 7.01. The number of benzene rings is 2. The summed E-state index contributed by atoms with van der Waals surface area (Å²) in [4.78, 5) is 16.8. The minimum atomic E-state index is -0.162. The van der Waals surface area contributed by atoms with E-state index in [0.717, 1.165) is 5.56 Å². The van der Waals surface area contributed by atoms with Crippen molar-refractivity contribution in [1.82, 2.24) is 5.32 Å². The number of phenolic OH excluding ortho intramolecular Hbond substituents is 1. The summed E-state index contributed by atoms with van der Waals surface area (Å²) >= 11 is 1.29. The number of aromatic hydroxyl groups is 1. The van der Waals surface area contributed by atoms with E-state index < -0.39 is 0 Å². The van der Waals surface area contributed by atoms with Crippen LogP contribution in [0.5, 0.6) is 5.75 Å². The van der Waals surface area contributed by atoms with Gasteiger partial charge in [-0.15, -0.1) is 0 Å². The number of aliphatic imine (C=N–C) groups is 1. The zero-order chi connectivity index (χ0) is 16.1. The average molecular weight is 322 g/mol. The molecule has 2 aromatic rings. The summed E-state index contributed by atoms with van der Waals surface area (Å²) in [7, 11) is 0. The molecule has 0 radical (unpaired) electrons. The van der Waals surface area contributed by atoms with Crippen molar-refractivity contribution < 1.29 is 9.90 Å². The van der Waals surface area contributed by atoms with E-state index in [1.165, 1.54) is 11.8 Å². The molecular formula is C18H14N2O2S. The van der Waals surface area contributed by atoms with Gasteiger partial charge < -0.3 is 10.4 Å². The summed E-state index contributed by atoms with van der Waals surface area (Å²) in [5.41, 5.74) is 1.75. The lowest BCUT2D eigenvalue weighted by atomic mass is 10.2. The number of nitrogens with one attached hydrogen (secondary N) is 1. The van der Waals surface area contributed by atoms with E-state index in [1.54, 1.807) is 30.3 Å².